The molecular weight excluding hydrogens is 302 g/mol. The predicted octanol–water partition coefficient (Wildman–Crippen LogP) is 1.84. The summed E-state index contributed by atoms with van der Waals surface area (Å²) < 4.78 is 34.4. The van der Waals surface area contributed by atoms with Gasteiger partial charge in [-0.3, -0.25) is 4.68 Å². The van der Waals surface area contributed by atoms with Crippen LogP contribution in [0.2, 0.25) is 0 Å². The van der Waals surface area contributed by atoms with Crippen LogP contribution in [0, 0.1) is 0 Å². The van der Waals surface area contributed by atoms with Crippen LogP contribution >= 0.6 is 0 Å². The van der Waals surface area contributed by atoms with Crippen molar-refractivity contribution < 1.29 is 13.2 Å². The Hall–Kier alpha value is -1.70. The highest BCUT2D eigenvalue weighted by Crippen LogP contribution is 2.33. The highest BCUT2D eigenvalue weighted by atomic mass is 32.2. The summed E-state index contributed by atoms with van der Waals surface area (Å²) in [5.74, 6) is 0. The van der Waals surface area contributed by atoms with Gasteiger partial charge in [-0.2, -0.15) is 9.40 Å². The summed E-state index contributed by atoms with van der Waals surface area (Å²) >= 11 is 0. The van der Waals surface area contributed by atoms with Gasteiger partial charge in [-0.1, -0.05) is 30.3 Å². The van der Waals surface area contributed by atoms with Crippen molar-refractivity contribution >= 4 is 10.0 Å². The first-order chi connectivity index (χ1) is 10.3. The SMILES string of the molecule is Cn1cc(S(=O)(=O)N2COCC2(C)C)c(-c2ccccc2)n1. The van der Waals surface area contributed by atoms with Crippen molar-refractivity contribution in [3.05, 3.63) is 36.5 Å². The summed E-state index contributed by atoms with van der Waals surface area (Å²) in [7, 11) is -1.96. The lowest BCUT2D eigenvalue weighted by Gasteiger charge is -2.27. The molecule has 22 heavy (non-hydrogen) atoms. The summed E-state index contributed by atoms with van der Waals surface area (Å²) in [6.45, 7) is 4.16. The Labute approximate surface area is 130 Å². The fraction of sp³-hybridized carbons (Fsp3) is 0.400. The lowest BCUT2D eigenvalue weighted by atomic mass is 10.1. The van der Waals surface area contributed by atoms with E-state index in [9.17, 15) is 8.42 Å². The Balaban J connectivity index is 2.13. The van der Waals surface area contributed by atoms with Gasteiger partial charge in [-0.25, -0.2) is 8.42 Å². The van der Waals surface area contributed by atoms with Crippen LogP contribution in [0.3, 0.4) is 0 Å². The normalized spacial score (nSPS) is 18.7. The second kappa shape index (κ2) is 5.19. The largest absolute Gasteiger partial charge is 0.363 e. The molecular formula is C15H19N3O3S. The summed E-state index contributed by atoms with van der Waals surface area (Å²) in [6, 6.07) is 9.32. The first-order valence-corrected chi connectivity index (χ1v) is 8.46. The van der Waals surface area contributed by atoms with Gasteiger partial charge in [0.15, 0.2) is 0 Å². The lowest BCUT2D eigenvalue weighted by molar-refractivity contribution is 0.171. The molecule has 2 heterocycles. The molecule has 0 radical (unpaired) electrons. The Kier molecular flexibility index (Phi) is 3.58. The number of nitrogens with zero attached hydrogens (tertiary/aromatic N) is 3. The standard InChI is InChI=1S/C15H19N3O3S/c1-15(2)10-21-11-18(15)22(19,20)13-9-17(3)16-14(13)12-7-5-4-6-8-12/h4-9H,10-11H2,1-3H3. The summed E-state index contributed by atoms with van der Waals surface area (Å²) in [5, 5.41) is 4.34. The van der Waals surface area contributed by atoms with E-state index in [2.05, 4.69) is 5.10 Å². The van der Waals surface area contributed by atoms with E-state index < -0.39 is 15.6 Å². The zero-order valence-electron chi connectivity index (χ0n) is 12.9. The third kappa shape index (κ3) is 2.45. The minimum Gasteiger partial charge on any atom is -0.363 e. The zero-order valence-corrected chi connectivity index (χ0v) is 13.7. The number of rotatable bonds is 3. The second-order valence-corrected chi connectivity index (χ2v) is 7.86. The van der Waals surface area contributed by atoms with Crippen molar-refractivity contribution in [3.8, 4) is 11.3 Å². The number of sulfonamides is 1. The van der Waals surface area contributed by atoms with E-state index in [0.29, 0.717) is 12.3 Å². The molecule has 1 aliphatic heterocycles. The molecule has 0 unspecified atom stereocenters. The molecule has 1 fully saturated rings. The highest BCUT2D eigenvalue weighted by Gasteiger charge is 2.43. The Morgan fingerprint density at radius 2 is 1.91 bits per heavy atom. The van der Waals surface area contributed by atoms with Gasteiger partial charge in [0.25, 0.3) is 0 Å². The molecule has 0 amide bonds. The molecule has 3 rings (SSSR count). The van der Waals surface area contributed by atoms with Gasteiger partial charge < -0.3 is 4.74 Å². The van der Waals surface area contributed by atoms with Crippen molar-refractivity contribution in [1.82, 2.24) is 14.1 Å². The third-order valence-corrected chi connectivity index (χ3v) is 5.78. The Morgan fingerprint density at radius 3 is 2.50 bits per heavy atom. The smallest absolute Gasteiger partial charge is 0.249 e. The maximum Gasteiger partial charge on any atom is 0.249 e. The molecule has 0 saturated carbocycles. The molecule has 118 valence electrons. The van der Waals surface area contributed by atoms with E-state index in [1.807, 2.05) is 44.2 Å². The van der Waals surface area contributed by atoms with E-state index in [1.54, 1.807) is 13.2 Å². The molecule has 0 aliphatic carbocycles. The maximum atomic E-state index is 13.1. The average molecular weight is 321 g/mol. The molecule has 0 bridgehead atoms. The minimum absolute atomic E-state index is 0.0679. The van der Waals surface area contributed by atoms with Gasteiger partial charge in [-0.05, 0) is 13.8 Å². The molecule has 1 aromatic heterocycles. The lowest BCUT2D eigenvalue weighted by Crippen LogP contribution is -2.44. The molecule has 0 N–H and O–H groups in total. The summed E-state index contributed by atoms with van der Waals surface area (Å²) in [5.41, 5.74) is 0.674. The van der Waals surface area contributed by atoms with E-state index in [4.69, 9.17) is 4.74 Å². The van der Waals surface area contributed by atoms with Crippen LogP contribution in [-0.2, 0) is 21.8 Å². The molecule has 1 saturated heterocycles. The van der Waals surface area contributed by atoms with Crippen molar-refractivity contribution in [2.75, 3.05) is 13.3 Å². The fourth-order valence-electron chi connectivity index (χ4n) is 2.59. The van der Waals surface area contributed by atoms with E-state index >= 15 is 0 Å². The van der Waals surface area contributed by atoms with Crippen LogP contribution in [0.4, 0.5) is 0 Å². The minimum atomic E-state index is -3.68. The topological polar surface area (TPSA) is 64.4 Å². The van der Waals surface area contributed by atoms with Gasteiger partial charge in [0, 0.05) is 18.8 Å². The van der Waals surface area contributed by atoms with Crippen molar-refractivity contribution in [1.29, 1.82) is 0 Å². The van der Waals surface area contributed by atoms with E-state index in [0.717, 1.165) is 5.56 Å². The fourth-order valence-corrected chi connectivity index (χ4v) is 4.43. The molecule has 7 heteroatoms. The molecule has 6 nitrogen and oxygen atoms in total. The summed E-state index contributed by atoms with van der Waals surface area (Å²) in [6.07, 6.45) is 1.55. The van der Waals surface area contributed by atoms with Crippen molar-refractivity contribution in [2.24, 2.45) is 7.05 Å². The van der Waals surface area contributed by atoms with Crippen LogP contribution in [0.25, 0.3) is 11.3 Å². The maximum absolute atomic E-state index is 13.1. The van der Waals surface area contributed by atoms with Gasteiger partial charge in [0.05, 0.1) is 12.1 Å². The average Bonchev–Trinajstić information content (AvgIpc) is 3.03. The highest BCUT2D eigenvalue weighted by molar-refractivity contribution is 7.89. The van der Waals surface area contributed by atoms with Gasteiger partial charge in [-0.15, -0.1) is 0 Å². The molecule has 1 aromatic carbocycles. The number of aryl methyl sites for hydroxylation is 1. The predicted molar refractivity (Wildman–Crippen MR) is 82.6 cm³/mol. The monoisotopic (exact) mass is 321 g/mol. The van der Waals surface area contributed by atoms with Crippen molar-refractivity contribution in [3.63, 3.8) is 0 Å². The quantitative estimate of drug-likeness (QED) is 0.865. The number of benzene rings is 1. The first-order valence-electron chi connectivity index (χ1n) is 7.02. The Morgan fingerprint density at radius 1 is 1.23 bits per heavy atom. The van der Waals surface area contributed by atoms with E-state index in [1.165, 1.54) is 8.99 Å². The first kappa shape index (κ1) is 15.2. The van der Waals surface area contributed by atoms with Gasteiger partial charge in [0.2, 0.25) is 10.0 Å². The van der Waals surface area contributed by atoms with Crippen LogP contribution in [0.15, 0.2) is 41.4 Å². The third-order valence-electron chi connectivity index (χ3n) is 3.75. The number of aromatic nitrogens is 2. The second-order valence-electron chi connectivity index (χ2n) is 6.03. The molecule has 0 atom stereocenters. The molecule has 0 spiro atoms. The van der Waals surface area contributed by atoms with Crippen molar-refractivity contribution in [2.45, 2.75) is 24.3 Å². The van der Waals surface area contributed by atoms with Crippen LogP contribution in [0.1, 0.15) is 13.8 Å². The zero-order chi connectivity index (χ0) is 16.0. The molecule has 2 aromatic rings. The van der Waals surface area contributed by atoms with Crippen LogP contribution < -0.4 is 0 Å². The van der Waals surface area contributed by atoms with Gasteiger partial charge in [0.1, 0.15) is 17.3 Å². The number of hydrogen-bond donors (Lipinski definition) is 0. The summed E-state index contributed by atoms with van der Waals surface area (Å²) in [4.78, 5) is 0.208. The molecule has 1 aliphatic rings. The number of ether oxygens (including phenoxy) is 1. The van der Waals surface area contributed by atoms with Gasteiger partial charge >= 0.3 is 0 Å². The van der Waals surface area contributed by atoms with Crippen LogP contribution in [-0.4, -0.2) is 41.4 Å². The Bertz CT molecular complexity index is 782. The van der Waals surface area contributed by atoms with E-state index in [-0.39, 0.29) is 11.6 Å². The van der Waals surface area contributed by atoms with Crippen LogP contribution in [0.5, 0.6) is 0 Å². The number of hydrogen-bond acceptors (Lipinski definition) is 4.